The minimum absolute atomic E-state index is 0.640. The summed E-state index contributed by atoms with van der Waals surface area (Å²) >= 11 is 0. The molecule has 12 heavy (non-hydrogen) atoms. The largest absolute Gasteiger partial charge is 0.314 e. The van der Waals surface area contributed by atoms with Crippen LogP contribution in [0.15, 0.2) is 0 Å². The molecule has 1 fully saturated rings. The topological polar surface area (TPSA) is 15.3 Å². The SMILES string of the molecule is CCN1CCC(CNC(C)C)C1. The highest BCUT2D eigenvalue weighted by Gasteiger charge is 2.20. The summed E-state index contributed by atoms with van der Waals surface area (Å²) in [5, 5.41) is 3.51. The quantitative estimate of drug-likeness (QED) is 0.684. The van der Waals surface area contributed by atoms with Gasteiger partial charge in [-0.15, -0.1) is 0 Å². The van der Waals surface area contributed by atoms with E-state index in [0.717, 1.165) is 5.92 Å². The van der Waals surface area contributed by atoms with Crippen molar-refractivity contribution in [1.82, 2.24) is 10.2 Å². The molecule has 1 heterocycles. The van der Waals surface area contributed by atoms with Gasteiger partial charge in [-0.3, -0.25) is 0 Å². The number of nitrogens with zero attached hydrogens (tertiary/aromatic N) is 1. The molecule has 0 amide bonds. The maximum Gasteiger partial charge on any atom is 0.00222 e. The lowest BCUT2D eigenvalue weighted by atomic mass is 10.1. The second-order valence-electron chi connectivity index (χ2n) is 4.11. The van der Waals surface area contributed by atoms with Crippen LogP contribution in [0.1, 0.15) is 27.2 Å². The van der Waals surface area contributed by atoms with E-state index >= 15 is 0 Å². The summed E-state index contributed by atoms with van der Waals surface area (Å²) in [4.78, 5) is 2.53. The molecule has 2 nitrogen and oxygen atoms in total. The second kappa shape index (κ2) is 4.83. The normalized spacial score (nSPS) is 25.5. The Morgan fingerprint density at radius 2 is 2.25 bits per heavy atom. The minimum Gasteiger partial charge on any atom is -0.314 e. The summed E-state index contributed by atoms with van der Waals surface area (Å²) < 4.78 is 0. The number of hydrogen-bond donors (Lipinski definition) is 1. The molecule has 0 aromatic rings. The third kappa shape index (κ3) is 3.11. The summed E-state index contributed by atoms with van der Waals surface area (Å²) in [5.41, 5.74) is 0. The predicted molar refractivity (Wildman–Crippen MR) is 53.4 cm³/mol. The van der Waals surface area contributed by atoms with Gasteiger partial charge in [-0.25, -0.2) is 0 Å². The van der Waals surface area contributed by atoms with Crippen LogP contribution in [0.25, 0.3) is 0 Å². The molecular formula is C10H22N2. The molecule has 2 heteroatoms. The molecule has 0 saturated carbocycles. The fraction of sp³-hybridized carbons (Fsp3) is 1.00. The van der Waals surface area contributed by atoms with Crippen molar-refractivity contribution in [3.8, 4) is 0 Å². The van der Waals surface area contributed by atoms with Gasteiger partial charge in [0.1, 0.15) is 0 Å². The zero-order valence-electron chi connectivity index (χ0n) is 8.64. The zero-order chi connectivity index (χ0) is 8.97. The Labute approximate surface area is 76.3 Å². The van der Waals surface area contributed by atoms with Crippen molar-refractivity contribution in [3.63, 3.8) is 0 Å². The lowest BCUT2D eigenvalue weighted by molar-refractivity contribution is 0.337. The third-order valence-electron chi connectivity index (χ3n) is 2.63. The van der Waals surface area contributed by atoms with Crippen LogP contribution in [-0.2, 0) is 0 Å². The van der Waals surface area contributed by atoms with E-state index in [-0.39, 0.29) is 0 Å². The van der Waals surface area contributed by atoms with Crippen molar-refractivity contribution < 1.29 is 0 Å². The third-order valence-corrected chi connectivity index (χ3v) is 2.63. The summed E-state index contributed by atoms with van der Waals surface area (Å²) in [6, 6.07) is 0.640. The molecule has 0 radical (unpaired) electrons. The molecule has 1 saturated heterocycles. The van der Waals surface area contributed by atoms with E-state index in [2.05, 4.69) is 31.0 Å². The van der Waals surface area contributed by atoms with Crippen LogP contribution in [0.4, 0.5) is 0 Å². The highest BCUT2D eigenvalue weighted by atomic mass is 15.1. The number of rotatable bonds is 4. The monoisotopic (exact) mass is 170 g/mol. The van der Waals surface area contributed by atoms with Gasteiger partial charge in [-0.2, -0.15) is 0 Å². The van der Waals surface area contributed by atoms with Crippen LogP contribution in [-0.4, -0.2) is 37.1 Å². The van der Waals surface area contributed by atoms with E-state index in [0.29, 0.717) is 6.04 Å². The highest BCUT2D eigenvalue weighted by molar-refractivity contribution is 4.76. The summed E-state index contributed by atoms with van der Waals surface area (Å²) in [7, 11) is 0. The van der Waals surface area contributed by atoms with Crippen LogP contribution in [0.2, 0.25) is 0 Å². The van der Waals surface area contributed by atoms with Gasteiger partial charge < -0.3 is 10.2 Å². The average Bonchev–Trinajstić information content (AvgIpc) is 2.48. The van der Waals surface area contributed by atoms with Crippen LogP contribution in [0.3, 0.4) is 0 Å². The van der Waals surface area contributed by atoms with Crippen molar-refractivity contribution in [2.24, 2.45) is 5.92 Å². The molecule has 1 aliphatic rings. The molecule has 0 aromatic carbocycles. The minimum atomic E-state index is 0.640. The van der Waals surface area contributed by atoms with E-state index in [1.54, 1.807) is 0 Å². The van der Waals surface area contributed by atoms with Gasteiger partial charge in [0.25, 0.3) is 0 Å². The van der Waals surface area contributed by atoms with Gasteiger partial charge in [0.15, 0.2) is 0 Å². The Kier molecular flexibility index (Phi) is 4.02. The Morgan fingerprint density at radius 1 is 1.50 bits per heavy atom. The first-order chi connectivity index (χ1) is 5.72. The standard InChI is InChI=1S/C10H22N2/c1-4-12-6-5-10(8-12)7-11-9(2)3/h9-11H,4-8H2,1-3H3. The van der Waals surface area contributed by atoms with Crippen LogP contribution in [0, 0.1) is 5.92 Å². The van der Waals surface area contributed by atoms with Crippen LogP contribution in [0.5, 0.6) is 0 Å². The van der Waals surface area contributed by atoms with E-state index in [4.69, 9.17) is 0 Å². The average molecular weight is 170 g/mol. The van der Waals surface area contributed by atoms with Crippen molar-refractivity contribution in [3.05, 3.63) is 0 Å². The number of hydrogen-bond acceptors (Lipinski definition) is 2. The first kappa shape index (κ1) is 10.0. The molecule has 1 rings (SSSR count). The first-order valence-electron chi connectivity index (χ1n) is 5.18. The number of nitrogens with one attached hydrogen (secondary N) is 1. The van der Waals surface area contributed by atoms with E-state index < -0.39 is 0 Å². The fourth-order valence-electron chi connectivity index (χ4n) is 1.77. The van der Waals surface area contributed by atoms with Crippen LogP contribution < -0.4 is 5.32 Å². The lowest BCUT2D eigenvalue weighted by Crippen LogP contribution is -2.30. The molecule has 0 spiro atoms. The zero-order valence-corrected chi connectivity index (χ0v) is 8.64. The summed E-state index contributed by atoms with van der Waals surface area (Å²) in [6.07, 6.45) is 1.38. The van der Waals surface area contributed by atoms with Crippen molar-refractivity contribution in [1.29, 1.82) is 0 Å². The molecular weight excluding hydrogens is 148 g/mol. The number of likely N-dealkylation sites (tertiary alicyclic amines) is 1. The predicted octanol–water partition coefficient (Wildman–Crippen LogP) is 1.33. The van der Waals surface area contributed by atoms with Gasteiger partial charge in [-0.1, -0.05) is 20.8 Å². The maximum atomic E-state index is 3.51. The van der Waals surface area contributed by atoms with E-state index in [9.17, 15) is 0 Å². The molecule has 1 N–H and O–H groups in total. The lowest BCUT2D eigenvalue weighted by Gasteiger charge is -2.15. The Bertz CT molecular complexity index is 123. The van der Waals surface area contributed by atoms with Crippen molar-refractivity contribution in [2.75, 3.05) is 26.2 Å². The van der Waals surface area contributed by atoms with Crippen molar-refractivity contribution in [2.45, 2.75) is 33.2 Å². The van der Waals surface area contributed by atoms with Gasteiger partial charge in [-0.05, 0) is 32.0 Å². The maximum absolute atomic E-state index is 3.51. The Balaban J connectivity index is 2.11. The first-order valence-corrected chi connectivity index (χ1v) is 5.18. The summed E-state index contributed by atoms with van der Waals surface area (Å²) in [6.45, 7) is 11.7. The van der Waals surface area contributed by atoms with Crippen molar-refractivity contribution >= 4 is 0 Å². The van der Waals surface area contributed by atoms with Crippen LogP contribution >= 0.6 is 0 Å². The second-order valence-corrected chi connectivity index (χ2v) is 4.11. The van der Waals surface area contributed by atoms with Gasteiger partial charge in [0, 0.05) is 12.6 Å². The van der Waals surface area contributed by atoms with Gasteiger partial charge in [0.2, 0.25) is 0 Å². The Hall–Kier alpha value is -0.0800. The highest BCUT2D eigenvalue weighted by Crippen LogP contribution is 2.14. The molecule has 1 unspecified atom stereocenters. The fourth-order valence-corrected chi connectivity index (χ4v) is 1.77. The summed E-state index contributed by atoms with van der Waals surface area (Å²) in [5.74, 6) is 0.896. The molecule has 1 atom stereocenters. The molecule has 1 aliphatic heterocycles. The molecule has 0 bridgehead atoms. The van der Waals surface area contributed by atoms with Gasteiger partial charge in [0.05, 0.1) is 0 Å². The molecule has 0 aromatic heterocycles. The molecule has 72 valence electrons. The molecule has 0 aliphatic carbocycles. The smallest absolute Gasteiger partial charge is 0.00222 e. The Morgan fingerprint density at radius 3 is 2.75 bits per heavy atom. The van der Waals surface area contributed by atoms with Gasteiger partial charge >= 0.3 is 0 Å². The van der Waals surface area contributed by atoms with E-state index in [1.165, 1.54) is 32.6 Å². The van der Waals surface area contributed by atoms with E-state index in [1.807, 2.05) is 0 Å².